The Morgan fingerprint density at radius 2 is 2.47 bits per heavy atom. The molecule has 90 valence electrons. The summed E-state index contributed by atoms with van der Waals surface area (Å²) in [7, 11) is 0. The summed E-state index contributed by atoms with van der Waals surface area (Å²) < 4.78 is 0. The first-order valence-electron chi connectivity index (χ1n) is 5.76. The molecule has 0 radical (unpaired) electrons. The Morgan fingerprint density at radius 3 is 3.06 bits per heavy atom. The third kappa shape index (κ3) is 3.88. The van der Waals surface area contributed by atoms with Crippen molar-refractivity contribution in [3.05, 3.63) is 22.4 Å². The lowest BCUT2D eigenvalue weighted by molar-refractivity contribution is -0.122. The maximum absolute atomic E-state index is 11.6. The molecule has 1 fully saturated rings. The molecule has 0 spiro atoms. The molecule has 4 heteroatoms. The quantitative estimate of drug-likeness (QED) is 0.773. The normalized spacial score (nSPS) is 14.6. The van der Waals surface area contributed by atoms with Gasteiger partial charge in [-0.15, -0.1) is 17.8 Å². The molecule has 1 aromatic heterocycles. The van der Waals surface area contributed by atoms with E-state index in [4.69, 9.17) is 6.42 Å². The van der Waals surface area contributed by atoms with Crippen LogP contribution in [0.3, 0.4) is 0 Å². The molecule has 3 nitrogen and oxygen atoms in total. The number of amides is 1. The molecule has 1 aliphatic carbocycles. The van der Waals surface area contributed by atoms with E-state index in [9.17, 15) is 4.79 Å². The fraction of sp³-hybridized carbons (Fsp3) is 0.462. The van der Waals surface area contributed by atoms with E-state index in [1.54, 1.807) is 11.3 Å². The maximum Gasteiger partial charge on any atom is 0.234 e. The van der Waals surface area contributed by atoms with Crippen molar-refractivity contribution < 1.29 is 4.79 Å². The molecule has 1 amide bonds. The Labute approximate surface area is 106 Å². The van der Waals surface area contributed by atoms with Gasteiger partial charge in [0.05, 0.1) is 13.1 Å². The van der Waals surface area contributed by atoms with Crippen molar-refractivity contribution in [2.45, 2.75) is 25.4 Å². The molecule has 17 heavy (non-hydrogen) atoms. The molecule has 0 aliphatic heterocycles. The molecular formula is C13H16N2OS. The van der Waals surface area contributed by atoms with Crippen molar-refractivity contribution in [1.82, 2.24) is 10.2 Å². The Morgan fingerprint density at radius 1 is 1.65 bits per heavy atom. The van der Waals surface area contributed by atoms with Gasteiger partial charge in [0, 0.05) is 17.5 Å². The second-order valence-corrected chi connectivity index (χ2v) is 5.23. The summed E-state index contributed by atoms with van der Waals surface area (Å²) in [5.74, 6) is 2.43. The molecule has 0 aromatic carbocycles. The van der Waals surface area contributed by atoms with Gasteiger partial charge in [-0.1, -0.05) is 12.0 Å². The lowest BCUT2D eigenvalue weighted by Crippen LogP contribution is -2.38. The molecule has 1 aromatic rings. The van der Waals surface area contributed by atoms with Crippen molar-refractivity contribution in [3.63, 3.8) is 0 Å². The van der Waals surface area contributed by atoms with Crippen LogP contribution >= 0.6 is 11.3 Å². The predicted octanol–water partition coefficient (Wildman–Crippen LogP) is 1.46. The van der Waals surface area contributed by atoms with E-state index in [0.717, 1.165) is 6.54 Å². The number of hydrogen-bond acceptors (Lipinski definition) is 3. The minimum atomic E-state index is 0.0198. The molecule has 0 saturated heterocycles. The summed E-state index contributed by atoms with van der Waals surface area (Å²) in [5, 5.41) is 4.78. The SMILES string of the molecule is C#CCNC(=O)CN(Cc1cccs1)C1CC1. The number of carbonyl (C=O) groups excluding carboxylic acids is 1. The Kier molecular flexibility index (Phi) is 4.18. The fourth-order valence-electron chi connectivity index (χ4n) is 1.75. The van der Waals surface area contributed by atoms with Crippen LogP contribution in [0.2, 0.25) is 0 Å². The number of carbonyl (C=O) groups is 1. The summed E-state index contributed by atoms with van der Waals surface area (Å²) in [6.07, 6.45) is 7.52. The van der Waals surface area contributed by atoms with E-state index in [1.165, 1.54) is 17.7 Å². The van der Waals surface area contributed by atoms with Gasteiger partial charge in [-0.05, 0) is 24.3 Å². The summed E-state index contributed by atoms with van der Waals surface area (Å²) in [6.45, 7) is 1.63. The first-order valence-corrected chi connectivity index (χ1v) is 6.64. The summed E-state index contributed by atoms with van der Waals surface area (Å²) >= 11 is 1.74. The zero-order valence-electron chi connectivity index (χ0n) is 9.69. The van der Waals surface area contributed by atoms with Crippen molar-refractivity contribution in [2.75, 3.05) is 13.1 Å². The molecule has 0 atom stereocenters. The van der Waals surface area contributed by atoms with Crippen molar-refractivity contribution in [3.8, 4) is 12.3 Å². The maximum atomic E-state index is 11.6. The zero-order chi connectivity index (χ0) is 12.1. The van der Waals surface area contributed by atoms with Gasteiger partial charge >= 0.3 is 0 Å². The number of terminal acetylenes is 1. The van der Waals surface area contributed by atoms with Crippen LogP contribution < -0.4 is 5.32 Å². The van der Waals surface area contributed by atoms with Gasteiger partial charge in [0.2, 0.25) is 5.91 Å². The average Bonchev–Trinajstić information content (AvgIpc) is 3.05. The summed E-state index contributed by atoms with van der Waals surface area (Å²) in [4.78, 5) is 15.2. The van der Waals surface area contributed by atoms with E-state index in [-0.39, 0.29) is 5.91 Å². The topological polar surface area (TPSA) is 32.3 Å². The summed E-state index contributed by atoms with van der Waals surface area (Å²) in [5.41, 5.74) is 0. The second-order valence-electron chi connectivity index (χ2n) is 4.20. The number of thiophene rings is 1. The van der Waals surface area contributed by atoms with Crippen molar-refractivity contribution >= 4 is 17.2 Å². The largest absolute Gasteiger partial charge is 0.344 e. The highest BCUT2D eigenvalue weighted by molar-refractivity contribution is 7.09. The lowest BCUT2D eigenvalue weighted by Gasteiger charge is -2.20. The van der Waals surface area contributed by atoms with Crippen LogP contribution in [0.1, 0.15) is 17.7 Å². The number of nitrogens with zero attached hydrogens (tertiary/aromatic N) is 1. The monoisotopic (exact) mass is 248 g/mol. The molecule has 1 saturated carbocycles. The second kappa shape index (κ2) is 5.85. The standard InChI is InChI=1S/C13H16N2OS/c1-2-7-14-13(16)10-15(11-5-6-11)9-12-4-3-8-17-12/h1,3-4,8,11H,5-7,9-10H2,(H,14,16). The first-order chi connectivity index (χ1) is 8.29. The van der Waals surface area contributed by atoms with Crippen LogP contribution in [0, 0.1) is 12.3 Å². The highest BCUT2D eigenvalue weighted by atomic mass is 32.1. The third-order valence-electron chi connectivity index (χ3n) is 2.74. The number of hydrogen-bond donors (Lipinski definition) is 1. The van der Waals surface area contributed by atoms with Crippen LogP contribution in [-0.4, -0.2) is 29.9 Å². The van der Waals surface area contributed by atoms with Crippen LogP contribution in [0.15, 0.2) is 17.5 Å². The van der Waals surface area contributed by atoms with Crippen LogP contribution in [0.5, 0.6) is 0 Å². The Bertz CT molecular complexity index is 404. The Balaban J connectivity index is 1.85. The van der Waals surface area contributed by atoms with Gasteiger partial charge in [0.15, 0.2) is 0 Å². The van der Waals surface area contributed by atoms with Gasteiger partial charge in [-0.3, -0.25) is 9.69 Å². The van der Waals surface area contributed by atoms with E-state index < -0.39 is 0 Å². The van der Waals surface area contributed by atoms with Gasteiger partial charge in [-0.2, -0.15) is 0 Å². The molecule has 0 unspecified atom stereocenters. The predicted molar refractivity (Wildman–Crippen MR) is 69.6 cm³/mol. The van der Waals surface area contributed by atoms with Crippen LogP contribution in [-0.2, 0) is 11.3 Å². The van der Waals surface area contributed by atoms with Crippen LogP contribution in [0.4, 0.5) is 0 Å². The van der Waals surface area contributed by atoms with E-state index in [0.29, 0.717) is 19.1 Å². The minimum Gasteiger partial charge on any atom is -0.344 e. The van der Waals surface area contributed by atoms with E-state index in [1.807, 2.05) is 6.07 Å². The molecular weight excluding hydrogens is 232 g/mol. The lowest BCUT2D eigenvalue weighted by atomic mass is 10.3. The molecule has 1 aliphatic rings. The highest BCUT2D eigenvalue weighted by Crippen LogP contribution is 2.28. The third-order valence-corrected chi connectivity index (χ3v) is 3.60. The average molecular weight is 248 g/mol. The van der Waals surface area contributed by atoms with Gasteiger partial charge in [-0.25, -0.2) is 0 Å². The van der Waals surface area contributed by atoms with E-state index in [2.05, 4.69) is 27.6 Å². The smallest absolute Gasteiger partial charge is 0.234 e. The highest BCUT2D eigenvalue weighted by Gasteiger charge is 2.30. The van der Waals surface area contributed by atoms with E-state index >= 15 is 0 Å². The van der Waals surface area contributed by atoms with Gasteiger partial charge in [0.1, 0.15) is 0 Å². The van der Waals surface area contributed by atoms with Crippen molar-refractivity contribution in [2.24, 2.45) is 0 Å². The zero-order valence-corrected chi connectivity index (χ0v) is 10.5. The minimum absolute atomic E-state index is 0.0198. The van der Waals surface area contributed by atoms with Crippen molar-refractivity contribution in [1.29, 1.82) is 0 Å². The molecule has 1 heterocycles. The first kappa shape index (κ1) is 12.2. The molecule has 1 N–H and O–H groups in total. The molecule has 2 rings (SSSR count). The fourth-order valence-corrected chi connectivity index (χ4v) is 2.48. The number of nitrogens with one attached hydrogen (secondary N) is 1. The van der Waals surface area contributed by atoms with Crippen LogP contribution in [0.25, 0.3) is 0 Å². The number of rotatable bonds is 6. The van der Waals surface area contributed by atoms with Gasteiger partial charge < -0.3 is 5.32 Å². The summed E-state index contributed by atoms with van der Waals surface area (Å²) in [6, 6.07) is 4.73. The Hall–Kier alpha value is -1.31. The van der Waals surface area contributed by atoms with Gasteiger partial charge in [0.25, 0.3) is 0 Å². The molecule has 0 bridgehead atoms.